The first kappa shape index (κ1) is 14.5. The van der Waals surface area contributed by atoms with Gasteiger partial charge in [0.1, 0.15) is 10.9 Å². The summed E-state index contributed by atoms with van der Waals surface area (Å²) in [6, 6.07) is 4.86. The highest BCUT2D eigenvalue weighted by atomic mass is 79.9. The second kappa shape index (κ2) is 6.12. The van der Waals surface area contributed by atoms with Crippen LogP contribution in [0, 0.1) is 11.3 Å². The normalized spacial score (nSPS) is 28.1. The van der Waals surface area contributed by atoms with Crippen molar-refractivity contribution < 1.29 is 0 Å². The fourth-order valence-corrected chi connectivity index (χ4v) is 4.78. The Balaban J connectivity index is 1.66. The standard InChI is InChI=1S/C14H19BrN4S/c1-19-4-2-9(3-5-19)18-14-13(15)11-6-10(7-16)20-12(11)8-17-14/h6,9,13-14,17-18H,2-5,8H2,1H3. The summed E-state index contributed by atoms with van der Waals surface area (Å²) in [5.74, 6) is 0. The van der Waals surface area contributed by atoms with Crippen molar-refractivity contribution in [2.45, 2.75) is 36.4 Å². The summed E-state index contributed by atoms with van der Waals surface area (Å²) in [4.78, 5) is 4.71. The SMILES string of the molecule is CN1CCC(NC2NCc3sc(C#N)cc3C2Br)CC1. The molecule has 1 aromatic rings. The van der Waals surface area contributed by atoms with Crippen molar-refractivity contribution in [2.75, 3.05) is 20.1 Å². The molecule has 0 aliphatic carbocycles. The maximum absolute atomic E-state index is 9.03. The summed E-state index contributed by atoms with van der Waals surface area (Å²) in [5.41, 5.74) is 1.27. The molecule has 1 fully saturated rings. The molecule has 108 valence electrons. The van der Waals surface area contributed by atoms with Crippen molar-refractivity contribution in [3.8, 4) is 6.07 Å². The fraction of sp³-hybridized carbons (Fsp3) is 0.643. The number of piperidine rings is 1. The van der Waals surface area contributed by atoms with E-state index in [1.807, 2.05) is 6.07 Å². The number of likely N-dealkylation sites (tertiary alicyclic amines) is 1. The quantitative estimate of drug-likeness (QED) is 0.799. The molecule has 0 radical (unpaired) electrons. The van der Waals surface area contributed by atoms with E-state index in [1.165, 1.54) is 36.4 Å². The number of hydrogen-bond donors (Lipinski definition) is 2. The molecular formula is C14H19BrN4S. The third kappa shape index (κ3) is 2.92. The van der Waals surface area contributed by atoms with E-state index in [0.717, 1.165) is 11.4 Å². The van der Waals surface area contributed by atoms with Crippen LogP contribution in [0.3, 0.4) is 0 Å². The van der Waals surface area contributed by atoms with E-state index in [9.17, 15) is 0 Å². The van der Waals surface area contributed by atoms with Gasteiger partial charge in [-0.1, -0.05) is 15.9 Å². The molecule has 0 aromatic carbocycles. The van der Waals surface area contributed by atoms with Crippen LogP contribution in [0.15, 0.2) is 6.07 Å². The highest BCUT2D eigenvalue weighted by molar-refractivity contribution is 9.09. The van der Waals surface area contributed by atoms with Gasteiger partial charge < -0.3 is 4.90 Å². The van der Waals surface area contributed by atoms with Crippen LogP contribution in [0.4, 0.5) is 0 Å². The van der Waals surface area contributed by atoms with E-state index < -0.39 is 0 Å². The van der Waals surface area contributed by atoms with Crippen LogP contribution in [0.1, 0.15) is 33.0 Å². The molecule has 2 unspecified atom stereocenters. The zero-order chi connectivity index (χ0) is 14.1. The molecule has 6 heteroatoms. The third-order valence-corrected chi connectivity index (χ3v) is 6.24. The van der Waals surface area contributed by atoms with Gasteiger partial charge in [-0.05, 0) is 44.6 Å². The van der Waals surface area contributed by atoms with Gasteiger partial charge in [0.15, 0.2) is 0 Å². The van der Waals surface area contributed by atoms with Crippen molar-refractivity contribution in [2.24, 2.45) is 0 Å². The predicted molar refractivity (Wildman–Crippen MR) is 85.0 cm³/mol. The molecule has 4 nitrogen and oxygen atoms in total. The first-order valence-electron chi connectivity index (χ1n) is 7.02. The molecule has 1 saturated heterocycles. The second-order valence-corrected chi connectivity index (χ2v) is 7.73. The minimum Gasteiger partial charge on any atom is -0.306 e. The van der Waals surface area contributed by atoms with Crippen LogP contribution in [-0.2, 0) is 6.54 Å². The van der Waals surface area contributed by atoms with Gasteiger partial charge in [0, 0.05) is 17.5 Å². The number of nitrogens with one attached hydrogen (secondary N) is 2. The minimum atomic E-state index is 0.240. The van der Waals surface area contributed by atoms with Gasteiger partial charge in [-0.2, -0.15) is 5.26 Å². The topological polar surface area (TPSA) is 51.1 Å². The lowest BCUT2D eigenvalue weighted by molar-refractivity contribution is 0.214. The number of alkyl halides is 1. The number of nitrogens with zero attached hydrogens (tertiary/aromatic N) is 2. The first-order chi connectivity index (χ1) is 9.67. The summed E-state index contributed by atoms with van der Waals surface area (Å²) >= 11 is 5.40. The van der Waals surface area contributed by atoms with E-state index in [-0.39, 0.29) is 11.0 Å². The van der Waals surface area contributed by atoms with Crippen LogP contribution < -0.4 is 10.6 Å². The van der Waals surface area contributed by atoms with Crippen molar-refractivity contribution in [3.63, 3.8) is 0 Å². The molecule has 0 bridgehead atoms. The minimum absolute atomic E-state index is 0.240. The van der Waals surface area contributed by atoms with Gasteiger partial charge >= 0.3 is 0 Å². The van der Waals surface area contributed by atoms with Gasteiger partial charge in [-0.25, -0.2) is 0 Å². The Morgan fingerprint density at radius 1 is 1.50 bits per heavy atom. The molecule has 3 rings (SSSR count). The summed E-state index contributed by atoms with van der Waals surface area (Å²) in [5, 5.41) is 16.3. The molecule has 2 aliphatic rings. The van der Waals surface area contributed by atoms with Crippen LogP contribution in [-0.4, -0.2) is 37.2 Å². The Hall–Kier alpha value is -0.450. The molecule has 0 saturated carbocycles. The van der Waals surface area contributed by atoms with Crippen molar-refractivity contribution in [1.82, 2.24) is 15.5 Å². The largest absolute Gasteiger partial charge is 0.306 e. The lowest BCUT2D eigenvalue weighted by Gasteiger charge is -2.36. The Bertz CT molecular complexity index is 516. The monoisotopic (exact) mass is 354 g/mol. The van der Waals surface area contributed by atoms with Crippen LogP contribution in [0.25, 0.3) is 0 Å². The summed E-state index contributed by atoms with van der Waals surface area (Å²) in [6.45, 7) is 3.19. The van der Waals surface area contributed by atoms with Crippen LogP contribution >= 0.6 is 27.3 Å². The Kier molecular flexibility index (Phi) is 4.43. The average molecular weight is 355 g/mol. The zero-order valence-electron chi connectivity index (χ0n) is 11.5. The lowest BCUT2D eigenvalue weighted by Crippen LogP contribution is -2.53. The predicted octanol–water partition coefficient (Wildman–Crippen LogP) is 2.17. The van der Waals surface area contributed by atoms with E-state index in [4.69, 9.17) is 5.26 Å². The highest BCUT2D eigenvalue weighted by Crippen LogP contribution is 2.37. The highest BCUT2D eigenvalue weighted by Gasteiger charge is 2.31. The van der Waals surface area contributed by atoms with E-state index in [2.05, 4.69) is 44.6 Å². The summed E-state index contributed by atoms with van der Waals surface area (Å²) < 4.78 is 0. The van der Waals surface area contributed by atoms with E-state index in [0.29, 0.717) is 6.04 Å². The Labute approximate surface area is 132 Å². The molecule has 3 heterocycles. The van der Waals surface area contributed by atoms with E-state index in [1.54, 1.807) is 11.3 Å². The van der Waals surface area contributed by atoms with Crippen molar-refractivity contribution in [1.29, 1.82) is 5.26 Å². The van der Waals surface area contributed by atoms with E-state index >= 15 is 0 Å². The lowest BCUT2D eigenvalue weighted by atomic mass is 10.0. The smallest absolute Gasteiger partial charge is 0.110 e. The molecular weight excluding hydrogens is 336 g/mol. The molecule has 20 heavy (non-hydrogen) atoms. The van der Waals surface area contributed by atoms with Gasteiger partial charge in [-0.15, -0.1) is 11.3 Å². The van der Waals surface area contributed by atoms with Crippen molar-refractivity contribution >= 4 is 27.3 Å². The fourth-order valence-electron chi connectivity index (χ4n) is 2.93. The maximum Gasteiger partial charge on any atom is 0.110 e. The molecule has 1 aromatic heterocycles. The number of thiophene rings is 1. The summed E-state index contributed by atoms with van der Waals surface area (Å²) in [7, 11) is 2.18. The summed E-state index contributed by atoms with van der Waals surface area (Å²) in [6.07, 6.45) is 2.65. The number of hydrogen-bond acceptors (Lipinski definition) is 5. The molecule has 2 atom stereocenters. The second-order valence-electron chi connectivity index (χ2n) is 5.61. The number of fused-ring (bicyclic) bond motifs is 1. The van der Waals surface area contributed by atoms with Crippen LogP contribution in [0.2, 0.25) is 0 Å². The third-order valence-electron chi connectivity index (χ3n) is 4.16. The zero-order valence-corrected chi connectivity index (χ0v) is 13.9. The Morgan fingerprint density at radius 2 is 2.25 bits per heavy atom. The first-order valence-corrected chi connectivity index (χ1v) is 8.75. The maximum atomic E-state index is 9.03. The molecule has 2 aliphatic heterocycles. The average Bonchev–Trinajstić information content (AvgIpc) is 2.88. The Morgan fingerprint density at radius 3 is 2.95 bits per heavy atom. The molecule has 0 spiro atoms. The number of nitriles is 1. The van der Waals surface area contributed by atoms with Gasteiger partial charge in [0.05, 0.1) is 11.0 Å². The van der Waals surface area contributed by atoms with Crippen molar-refractivity contribution in [3.05, 3.63) is 21.4 Å². The van der Waals surface area contributed by atoms with Crippen LogP contribution in [0.5, 0.6) is 0 Å². The van der Waals surface area contributed by atoms with Gasteiger partial charge in [0.2, 0.25) is 0 Å². The number of halogens is 1. The van der Waals surface area contributed by atoms with Gasteiger partial charge in [0.25, 0.3) is 0 Å². The molecule has 0 amide bonds. The number of rotatable bonds is 2. The molecule has 2 N–H and O–H groups in total. The van der Waals surface area contributed by atoms with Gasteiger partial charge in [-0.3, -0.25) is 10.6 Å².